The van der Waals surface area contributed by atoms with E-state index in [0.717, 1.165) is 23.3 Å². The van der Waals surface area contributed by atoms with Gasteiger partial charge in [-0.2, -0.15) is 0 Å². The number of ether oxygens (including phenoxy) is 2. The van der Waals surface area contributed by atoms with Gasteiger partial charge in [-0.05, 0) is 50.5 Å². The number of hydrogen-bond donors (Lipinski definition) is 0. The van der Waals surface area contributed by atoms with E-state index in [1.54, 1.807) is 0 Å². The van der Waals surface area contributed by atoms with Crippen LogP contribution in [-0.4, -0.2) is 25.0 Å². The highest BCUT2D eigenvalue weighted by Crippen LogP contribution is 2.21. The van der Waals surface area contributed by atoms with Crippen LogP contribution in [-0.2, 0) is 16.0 Å². The summed E-state index contributed by atoms with van der Waals surface area (Å²) in [6, 6.07) is 5.57. The number of Topliss-reactive ketones (excluding diaryl/α,β-unsaturated/α-hetero) is 1. The van der Waals surface area contributed by atoms with Gasteiger partial charge in [-0.25, -0.2) is 0 Å². The molecule has 0 fully saturated rings. The van der Waals surface area contributed by atoms with E-state index in [2.05, 4.69) is 4.74 Å². The minimum absolute atomic E-state index is 0.0619. The third kappa shape index (κ3) is 5.58. The number of hydrogen-bond acceptors (Lipinski definition) is 4. The van der Waals surface area contributed by atoms with Crippen molar-refractivity contribution in [3.8, 4) is 5.75 Å². The summed E-state index contributed by atoms with van der Waals surface area (Å²) in [4.78, 5) is 23.3. The molecule has 1 rings (SSSR count). The number of rotatable bonds is 8. The lowest BCUT2D eigenvalue weighted by molar-refractivity contribution is -0.140. The van der Waals surface area contributed by atoms with Crippen molar-refractivity contribution in [2.75, 3.05) is 7.11 Å². The zero-order chi connectivity index (χ0) is 15.8. The van der Waals surface area contributed by atoms with Crippen LogP contribution >= 0.6 is 0 Å². The van der Waals surface area contributed by atoms with E-state index in [-0.39, 0.29) is 24.3 Å². The summed E-state index contributed by atoms with van der Waals surface area (Å²) in [7, 11) is 1.35. The summed E-state index contributed by atoms with van der Waals surface area (Å²) >= 11 is 0. The summed E-state index contributed by atoms with van der Waals surface area (Å²) in [6.07, 6.45) is 2.02. The zero-order valence-electron chi connectivity index (χ0n) is 13.3. The highest BCUT2D eigenvalue weighted by Gasteiger charge is 2.13. The van der Waals surface area contributed by atoms with Gasteiger partial charge in [0.25, 0.3) is 0 Å². The van der Waals surface area contributed by atoms with Crippen molar-refractivity contribution in [1.82, 2.24) is 0 Å². The zero-order valence-corrected chi connectivity index (χ0v) is 13.3. The van der Waals surface area contributed by atoms with Crippen LogP contribution in [0.2, 0.25) is 0 Å². The SMILES string of the molecule is CCc1cc(OC(C)C)ccc1C(=O)CCCC(=O)OC. The molecule has 0 N–H and O–H groups in total. The Hall–Kier alpha value is -1.84. The Kier molecular flexibility index (Phi) is 6.92. The Morgan fingerprint density at radius 1 is 1.19 bits per heavy atom. The number of ketones is 1. The molecule has 1 aromatic carbocycles. The van der Waals surface area contributed by atoms with Gasteiger partial charge >= 0.3 is 5.97 Å². The van der Waals surface area contributed by atoms with Crippen LogP contribution in [0, 0.1) is 0 Å². The van der Waals surface area contributed by atoms with Crippen LogP contribution in [0.5, 0.6) is 5.75 Å². The number of benzene rings is 1. The van der Waals surface area contributed by atoms with Gasteiger partial charge in [0, 0.05) is 18.4 Å². The first kappa shape index (κ1) is 17.2. The monoisotopic (exact) mass is 292 g/mol. The maximum absolute atomic E-state index is 12.2. The number of aryl methyl sites for hydroxylation is 1. The van der Waals surface area contributed by atoms with Gasteiger partial charge in [-0.1, -0.05) is 6.92 Å². The van der Waals surface area contributed by atoms with Crippen molar-refractivity contribution < 1.29 is 19.1 Å². The molecule has 4 heteroatoms. The normalized spacial score (nSPS) is 10.5. The molecule has 0 aliphatic carbocycles. The molecule has 0 aromatic heterocycles. The summed E-state index contributed by atoms with van der Waals surface area (Å²) in [5.41, 5.74) is 1.70. The lowest BCUT2D eigenvalue weighted by Crippen LogP contribution is -2.08. The molecular weight excluding hydrogens is 268 g/mol. The van der Waals surface area contributed by atoms with E-state index in [9.17, 15) is 9.59 Å². The molecule has 0 heterocycles. The molecule has 0 radical (unpaired) electrons. The van der Waals surface area contributed by atoms with Gasteiger partial charge in [0.2, 0.25) is 0 Å². The van der Waals surface area contributed by atoms with Crippen LogP contribution in [0.4, 0.5) is 0 Å². The van der Waals surface area contributed by atoms with Gasteiger partial charge in [0.05, 0.1) is 13.2 Å². The van der Waals surface area contributed by atoms with Crippen LogP contribution in [0.1, 0.15) is 56.0 Å². The van der Waals surface area contributed by atoms with E-state index in [1.165, 1.54) is 7.11 Å². The highest BCUT2D eigenvalue weighted by atomic mass is 16.5. The quantitative estimate of drug-likeness (QED) is 0.543. The molecule has 4 nitrogen and oxygen atoms in total. The first-order chi connectivity index (χ1) is 9.97. The lowest BCUT2D eigenvalue weighted by atomic mass is 9.98. The van der Waals surface area contributed by atoms with Gasteiger partial charge in [-0.15, -0.1) is 0 Å². The molecular formula is C17H24O4. The number of carbonyl (C=O) groups is 2. The lowest BCUT2D eigenvalue weighted by Gasteiger charge is -2.13. The maximum Gasteiger partial charge on any atom is 0.305 e. The van der Waals surface area contributed by atoms with Gasteiger partial charge in [0.15, 0.2) is 5.78 Å². The van der Waals surface area contributed by atoms with Crippen molar-refractivity contribution in [2.45, 2.75) is 52.6 Å². The Morgan fingerprint density at radius 2 is 1.90 bits per heavy atom. The molecule has 0 atom stereocenters. The molecule has 0 spiro atoms. The Balaban J connectivity index is 2.72. The predicted octanol–water partition coefficient (Wildman–Crippen LogP) is 3.56. The minimum atomic E-state index is -0.279. The van der Waals surface area contributed by atoms with Crippen LogP contribution in [0.25, 0.3) is 0 Å². The fraction of sp³-hybridized carbons (Fsp3) is 0.529. The van der Waals surface area contributed by atoms with E-state index in [0.29, 0.717) is 12.8 Å². The molecule has 21 heavy (non-hydrogen) atoms. The van der Waals surface area contributed by atoms with Gasteiger partial charge < -0.3 is 9.47 Å². The molecule has 0 unspecified atom stereocenters. The second-order valence-electron chi connectivity index (χ2n) is 5.19. The van der Waals surface area contributed by atoms with E-state index in [1.807, 2.05) is 39.0 Å². The van der Waals surface area contributed by atoms with Crippen LogP contribution in [0.3, 0.4) is 0 Å². The van der Waals surface area contributed by atoms with Gasteiger partial charge in [-0.3, -0.25) is 9.59 Å². The second-order valence-corrected chi connectivity index (χ2v) is 5.19. The summed E-state index contributed by atoms with van der Waals surface area (Å²) in [5.74, 6) is 0.569. The first-order valence-corrected chi connectivity index (χ1v) is 7.37. The fourth-order valence-corrected chi connectivity index (χ4v) is 2.11. The average Bonchev–Trinajstić information content (AvgIpc) is 2.45. The molecule has 0 bridgehead atoms. The number of methoxy groups -OCH3 is 1. The minimum Gasteiger partial charge on any atom is -0.491 e. The first-order valence-electron chi connectivity index (χ1n) is 7.37. The van der Waals surface area contributed by atoms with E-state index >= 15 is 0 Å². The second kappa shape index (κ2) is 8.45. The Labute approximate surface area is 126 Å². The molecule has 0 amide bonds. The van der Waals surface area contributed by atoms with E-state index < -0.39 is 0 Å². The van der Waals surface area contributed by atoms with Gasteiger partial charge in [0.1, 0.15) is 5.75 Å². The predicted molar refractivity (Wildman–Crippen MR) is 81.8 cm³/mol. The largest absolute Gasteiger partial charge is 0.491 e. The highest BCUT2D eigenvalue weighted by molar-refractivity contribution is 5.97. The van der Waals surface area contributed by atoms with Crippen molar-refractivity contribution in [3.05, 3.63) is 29.3 Å². The molecule has 0 aliphatic heterocycles. The fourth-order valence-electron chi connectivity index (χ4n) is 2.11. The average molecular weight is 292 g/mol. The van der Waals surface area contributed by atoms with Crippen molar-refractivity contribution >= 4 is 11.8 Å². The summed E-state index contributed by atoms with van der Waals surface area (Å²) in [6.45, 7) is 5.95. The molecule has 116 valence electrons. The number of carbonyl (C=O) groups excluding carboxylic acids is 2. The topological polar surface area (TPSA) is 52.6 Å². The van der Waals surface area contributed by atoms with Crippen LogP contribution < -0.4 is 4.74 Å². The van der Waals surface area contributed by atoms with E-state index in [4.69, 9.17) is 4.74 Å². The molecule has 0 saturated carbocycles. The third-order valence-electron chi connectivity index (χ3n) is 3.14. The smallest absolute Gasteiger partial charge is 0.305 e. The Morgan fingerprint density at radius 3 is 2.48 bits per heavy atom. The summed E-state index contributed by atoms with van der Waals surface area (Å²) < 4.78 is 10.2. The Bertz CT molecular complexity index is 492. The molecule has 0 saturated heterocycles. The maximum atomic E-state index is 12.2. The number of esters is 1. The molecule has 0 aliphatic rings. The summed E-state index contributed by atoms with van der Waals surface area (Å²) in [5, 5.41) is 0. The van der Waals surface area contributed by atoms with Crippen molar-refractivity contribution in [3.63, 3.8) is 0 Å². The molecule has 1 aromatic rings. The van der Waals surface area contributed by atoms with Crippen LogP contribution in [0.15, 0.2) is 18.2 Å². The van der Waals surface area contributed by atoms with Crippen molar-refractivity contribution in [1.29, 1.82) is 0 Å². The van der Waals surface area contributed by atoms with Crippen molar-refractivity contribution in [2.24, 2.45) is 0 Å². The standard InChI is InChI=1S/C17H24O4/c1-5-13-11-14(21-12(2)3)9-10-15(13)16(18)7-6-8-17(19)20-4/h9-12H,5-8H2,1-4H3. The third-order valence-corrected chi connectivity index (χ3v) is 3.14.